The van der Waals surface area contributed by atoms with Gasteiger partial charge in [0.05, 0.1) is 25.3 Å². The van der Waals surface area contributed by atoms with Crippen LogP contribution >= 0.6 is 11.3 Å². The van der Waals surface area contributed by atoms with Crippen LogP contribution in [0.5, 0.6) is 17.2 Å². The summed E-state index contributed by atoms with van der Waals surface area (Å²) in [6.45, 7) is 6.79. The maximum Gasteiger partial charge on any atom is 0.301 e. The second kappa shape index (κ2) is 13.1. The SMILES string of the molecule is CCCCOc1ccc(C2/C(=C(\O)c3ccc(OCc4ccccc4C)cc3)C(=O)C(=O)N2c2nnc(C)s2)cc1OC. The Morgan fingerprint density at radius 2 is 1.74 bits per heavy atom. The van der Waals surface area contributed by atoms with E-state index < -0.39 is 17.7 Å². The number of aliphatic hydroxyl groups excluding tert-OH is 1. The molecular weight excluding hydrogens is 566 g/mol. The number of Topliss-reactive ketones (excluding diaryl/α,β-unsaturated/α-hetero) is 1. The van der Waals surface area contributed by atoms with Crippen LogP contribution in [0.15, 0.2) is 72.3 Å². The number of rotatable bonds is 11. The fourth-order valence-corrected chi connectivity index (χ4v) is 5.54. The van der Waals surface area contributed by atoms with Crippen LogP contribution in [0, 0.1) is 13.8 Å². The first-order valence-corrected chi connectivity index (χ1v) is 14.8. The van der Waals surface area contributed by atoms with E-state index in [1.165, 1.54) is 23.3 Å². The predicted molar refractivity (Wildman–Crippen MR) is 165 cm³/mol. The van der Waals surface area contributed by atoms with E-state index in [1.807, 2.05) is 31.2 Å². The number of benzene rings is 3. The number of carbonyl (C=O) groups is 2. The van der Waals surface area contributed by atoms with Crippen molar-refractivity contribution in [1.29, 1.82) is 0 Å². The van der Waals surface area contributed by atoms with Crippen LogP contribution in [0.1, 0.15) is 53.1 Å². The van der Waals surface area contributed by atoms with Crippen LogP contribution in [0.3, 0.4) is 0 Å². The summed E-state index contributed by atoms with van der Waals surface area (Å²) < 4.78 is 17.4. The number of ether oxygens (including phenoxy) is 3. The fraction of sp³-hybridized carbons (Fsp3) is 0.273. The van der Waals surface area contributed by atoms with Gasteiger partial charge in [0.25, 0.3) is 5.78 Å². The van der Waals surface area contributed by atoms with Crippen molar-refractivity contribution in [3.63, 3.8) is 0 Å². The van der Waals surface area contributed by atoms with Gasteiger partial charge < -0.3 is 19.3 Å². The van der Waals surface area contributed by atoms with Crippen molar-refractivity contribution in [2.24, 2.45) is 0 Å². The summed E-state index contributed by atoms with van der Waals surface area (Å²) >= 11 is 1.19. The van der Waals surface area contributed by atoms with Gasteiger partial charge in [0.15, 0.2) is 11.5 Å². The molecule has 9 nitrogen and oxygen atoms in total. The molecule has 1 aliphatic rings. The standard InChI is InChI=1S/C33H33N3O6S/c1-5-6-17-41-26-16-13-23(18-27(26)40-4)29-28(31(38)32(39)36(29)33-35-34-21(3)43-33)30(37)22-11-14-25(15-12-22)42-19-24-10-8-7-9-20(24)2/h7-16,18,29,37H,5-6,17,19H2,1-4H3/b30-28+. The van der Waals surface area contributed by atoms with Gasteiger partial charge in [-0.3, -0.25) is 14.5 Å². The molecule has 4 aromatic rings. The normalized spacial score (nSPS) is 16.0. The number of hydrogen-bond acceptors (Lipinski definition) is 9. The molecule has 5 rings (SSSR count). The monoisotopic (exact) mass is 599 g/mol. The van der Waals surface area contributed by atoms with E-state index in [0.29, 0.717) is 46.6 Å². The summed E-state index contributed by atoms with van der Waals surface area (Å²) in [7, 11) is 1.53. The third-order valence-electron chi connectivity index (χ3n) is 7.21. The highest BCUT2D eigenvalue weighted by molar-refractivity contribution is 7.15. The second-order valence-corrected chi connectivity index (χ2v) is 11.3. The zero-order chi connectivity index (χ0) is 30.5. The Hall–Kier alpha value is -4.70. The second-order valence-electron chi connectivity index (χ2n) is 10.1. The number of unbranched alkanes of at least 4 members (excludes halogenated alkanes) is 1. The van der Waals surface area contributed by atoms with Gasteiger partial charge in [-0.15, -0.1) is 10.2 Å². The van der Waals surface area contributed by atoms with Gasteiger partial charge in [-0.1, -0.05) is 55.0 Å². The van der Waals surface area contributed by atoms with Crippen molar-refractivity contribution in [3.05, 3.63) is 99.6 Å². The molecule has 0 radical (unpaired) electrons. The molecule has 3 aromatic carbocycles. The van der Waals surface area contributed by atoms with Gasteiger partial charge in [-0.2, -0.15) is 0 Å². The molecule has 0 aliphatic carbocycles. The largest absolute Gasteiger partial charge is 0.507 e. The molecule has 1 amide bonds. The number of ketones is 1. The summed E-state index contributed by atoms with van der Waals surface area (Å²) in [6.07, 6.45) is 1.87. The zero-order valence-corrected chi connectivity index (χ0v) is 25.3. The minimum atomic E-state index is -0.970. The maximum atomic E-state index is 13.5. The molecule has 0 spiro atoms. The molecule has 0 bridgehead atoms. The average molecular weight is 600 g/mol. The minimum Gasteiger partial charge on any atom is -0.507 e. The molecular formula is C33H33N3O6S. The predicted octanol–water partition coefficient (Wildman–Crippen LogP) is 6.55. The van der Waals surface area contributed by atoms with E-state index in [0.717, 1.165) is 24.0 Å². The number of nitrogens with zero attached hydrogens (tertiary/aromatic N) is 3. The van der Waals surface area contributed by atoms with E-state index in [9.17, 15) is 14.7 Å². The number of aliphatic hydroxyl groups is 1. The average Bonchev–Trinajstić information content (AvgIpc) is 3.56. The molecule has 2 heterocycles. The topological polar surface area (TPSA) is 111 Å². The van der Waals surface area contributed by atoms with E-state index in [-0.39, 0.29) is 16.5 Å². The van der Waals surface area contributed by atoms with Gasteiger partial charge >= 0.3 is 5.91 Å². The van der Waals surface area contributed by atoms with E-state index in [2.05, 4.69) is 17.1 Å². The first-order chi connectivity index (χ1) is 20.8. The number of hydrogen-bond donors (Lipinski definition) is 1. The van der Waals surface area contributed by atoms with E-state index in [4.69, 9.17) is 14.2 Å². The van der Waals surface area contributed by atoms with E-state index in [1.54, 1.807) is 49.4 Å². The van der Waals surface area contributed by atoms with Crippen molar-refractivity contribution in [2.75, 3.05) is 18.6 Å². The number of methoxy groups -OCH3 is 1. The molecule has 222 valence electrons. The van der Waals surface area contributed by atoms with Crippen LogP contribution < -0.4 is 19.1 Å². The number of anilines is 1. The van der Waals surface area contributed by atoms with Crippen molar-refractivity contribution in [1.82, 2.24) is 10.2 Å². The van der Waals surface area contributed by atoms with E-state index >= 15 is 0 Å². The quantitative estimate of drug-likeness (QED) is 0.0895. The Morgan fingerprint density at radius 3 is 2.42 bits per heavy atom. The van der Waals surface area contributed by atoms with Gasteiger partial charge in [0.2, 0.25) is 5.13 Å². The number of carbonyl (C=O) groups excluding carboxylic acids is 2. The molecule has 43 heavy (non-hydrogen) atoms. The zero-order valence-electron chi connectivity index (χ0n) is 24.5. The smallest absolute Gasteiger partial charge is 0.301 e. The first-order valence-electron chi connectivity index (χ1n) is 14.0. The fourth-order valence-electron chi connectivity index (χ4n) is 4.83. The Labute approximate surface area is 254 Å². The molecule has 1 fully saturated rings. The van der Waals surface area contributed by atoms with Crippen LogP contribution in [0.4, 0.5) is 5.13 Å². The Morgan fingerprint density at radius 1 is 0.977 bits per heavy atom. The van der Waals surface area contributed by atoms with Gasteiger partial charge in [0, 0.05) is 5.56 Å². The summed E-state index contributed by atoms with van der Waals surface area (Å²) in [5.74, 6) is -0.336. The number of amides is 1. The summed E-state index contributed by atoms with van der Waals surface area (Å²) in [6, 6.07) is 19.0. The molecule has 1 N–H and O–H groups in total. The van der Waals surface area contributed by atoms with Gasteiger partial charge in [-0.05, 0) is 73.4 Å². The van der Waals surface area contributed by atoms with Crippen LogP contribution in [0.2, 0.25) is 0 Å². The molecule has 1 unspecified atom stereocenters. The Bertz CT molecular complexity index is 1660. The third kappa shape index (κ3) is 6.24. The summed E-state index contributed by atoms with van der Waals surface area (Å²) in [4.78, 5) is 28.2. The van der Waals surface area contributed by atoms with Crippen LogP contribution in [0.25, 0.3) is 5.76 Å². The highest BCUT2D eigenvalue weighted by atomic mass is 32.1. The highest BCUT2D eigenvalue weighted by Crippen LogP contribution is 2.44. The van der Waals surface area contributed by atoms with Crippen molar-refractivity contribution in [3.8, 4) is 17.2 Å². The van der Waals surface area contributed by atoms with Crippen molar-refractivity contribution < 1.29 is 28.9 Å². The first kappa shape index (κ1) is 29.8. The van der Waals surface area contributed by atoms with Crippen molar-refractivity contribution >= 4 is 33.9 Å². The third-order valence-corrected chi connectivity index (χ3v) is 8.05. The summed E-state index contributed by atoms with van der Waals surface area (Å²) in [5, 5.41) is 20.6. The molecule has 1 atom stereocenters. The minimum absolute atomic E-state index is 0.0619. The number of aromatic nitrogens is 2. The lowest BCUT2D eigenvalue weighted by Gasteiger charge is -2.23. The lowest BCUT2D eigenvalue weighted by Crippen LogP contribution is -2.29. The Balaban J connectivity index is 1.52. The molecule has 1 saturated heterocycles. The summed E-state index contributed by atoms with van der Waals surface area (Å²) in [5.41, 5.74) is 3.05. The van der Waals surface area contributed by atoms with Crippen molar-refractivity contribution in [2.45, 2.75) is 46.3 Å². The molecule has 1 aliphatic heterocycles. The van der Waals surface area contributed by atoms with Crippen LogP contribution in [-0.2, 0) is 16.2 Å². The number of aryl methyl sites for hydroxylation is 2. The molecule has 0 saturated carbocycles. The highest BCUT2D eigenvalue weighted by Gasteiger charge is 2.48. The Kier molecular flexibility index (Phi) is 9.06. The molecule has 1 aromatic heterocycles. The lowest BCUT2D eigenvalue weighted by atomic mass is 9.95. The van der Waals surface area contributed by atoms with Gasteiger partial charge in [-0.25, -0.2) is 0 Å². The maximum absolute atomic E-state index is 13.5. The van der Waals surface area contributed by atoms with Gasteiger partial charge in [0.1, 0.15) is 23.1 Å². The lowest BCUT2D eigenvalue weighted by molar-refractivity contribution is -0.132. The molecule has 10 heteroatoms. The van der Waals surface area contributed by atoms with Crippen LogP contribution in [-0.4, -0.2) is 40.7 Å².